The van der Waals surface area contributed by atoms with Crippen molar-refractivity contribution in [2.24, 2.45) is 17.3 Å². The molecule has 1 saturated heterocycles. The highest BCUT2D eigenvalue weighted by molar-refractivity contribution is 5.83. The van der Waals surface area contributed by atoms with Gasteiger partial charge in [-0.2, -0.15) is 0 Å². The lowest BCUT2D eigenvalue weighted by Crippen LogP contribution is -2.37. The number of ketones is 1. The van der Waals surface area contributed by atoms with Crippen LogP contribution in [0.2, 0.25) is 0 Å². The number of Topliss-reactive ketones (excluding diaryl/α,β-unsaturated/α-hetero) is 1. The minimum Gasteiger partial charge on any atom is -0.460 e. The van der Waals surface area contributed by atoms with E-state index >= 15 is 0 Å². The Balaban J connectivity index is 1.67. The molecule has 1 N–H and O–H groups in total. The number of cyclic esters (lactones) is 1. The first kappa shape index (κ1) is 16.7. The first-order valence-corrected chi connectivity index (χ1v) is 8.87. The Morgan fingerprint density at radius 3 is 2.74 bits per heavy atom. The summed E-state index contributed by atoms with van der Waals surface area (Å²) in [4.78, 5) is 23.8. The number of esters is 1. The van der Waals surface area contributed by atoms with E-state index in [0.29, 0.717) is 24.5 Å². The molecule has 2 aliphatic carbocycles. The van der Waals surface area contributed by atoms with E-state index in [-0.39, 0.29) is 17.4 Å². The van der Waals surface area contributed by atoms with Crippen LogP contribution >= 0.6 is 0 Å². The quantitative estimate of drug-likeness (QED) is 0.641. The third-order valence-corrected chi connectivity index (χ3v) is 6.45. The maximum Gasteiger partial charge on any atom is 0.338 e. The monoisotopic (exact) mass is 320 g/mol. The number of allylic oxidation sites excluding steroid dienone is 1. The second-order valence-electron chi connectivity index (χ2n) is 8.20. The van der Waals surface area contributed by atoms with Crippen molar-refractivity contribution in [2.75, 3.05) is 0 Å². The predicted octanol–water partition coefficient (Wildman–Crippen LogP) is 3.17. The number of carbonyl (C=O) groups excluding carboxylic acids is 2. The van der Waals surface area contributed by atoms with Crippen molar-refractivity contribution in [1.29, 1.82) is 0 Å². The largest absolute Gasteiger partial charge is 0.460 e. The van der Waals surface area contributed by atoms with Crippen molar-refractivity contribution >= 4 is 11.8 Å². The van der Waals surface area contributed by atoms with Gasteiger partial charge in [0.05, 0.1) is 0 Å². The Bertz CT molecular complexity index is 548. The Morgan fingerprint density at radius 2 is 2.09 bits per heavy atom. The van der Waals surface area contributed by atoms with Crippen molar-refractivity contribution in [1.82, 2.24) is 0 Å². The minimum atomic E-state index is -1.34. The Hall–Kier alpha value is -1.16. The number of hydrogen-bond acceptors (Lipinski definition) is 4. The maximum absolute atomic E-state index is 12.2. The van der Waals surface area contributed by atoms with Gasteiger partial charge in [-0.15, -0.1) is 0 Å². The summed E-state index contributed by atoms with van der Waals surface area (Å²) >= 11 is 0. The first-order valence-electron chi connectivity index (χ1n) is 8.87. The zero-order valence-electron chi connectivity index (χ0n) is 14.4. The van der Waals surface area contributed by atoms with Crippen LogP contribution in [0, 0.1) is 17.3 Å². The van der Waals surface area contributed by atoms with Crippen LogP contribution in [0.4, 0.5) is 0 Å². The van der Waals surface area contributed by atoms with Gasteiger partial charge in [-0.05, 0) is 50.9 Å². The molecule has 4 heteroatoms. The van der Waals surface area contributed by atoms with Gasteiger partial charge in [-0.3, -0.25) is 4.79 Å². The summed E-state index contributed by atoms with van der Waals surface area (Å²) in [6.07, 6.45) is 7.93. The highest BCUT2D eigenvalue weighted by atomic mass is 16.6. The van der Waals surface area contributed by atoms with Crippen LogP contribution in [0.5, 0.6) is 0 Å². The van der Waals surface area contributed by atoms with E-state index in [0.717, 1.165) is 32.1 Å². The summed E-state index contributed by atoms with van der Waals surface area (Å²) < 4.78 is 5.25. The Morgan fingerprint density at radius 1 is 1.35 bits per heavy atom. The fourth-order valence-electron chi connectivity index (χ4n) is 5.12. The third-order valence-electron chi connectivity index (χ3n) is 6.45. The standard InChI is InChI=1S/C19H28O4/c1-12(6-7-13-11-19(3,22)17(21)23-13)14-8-9-15-16(20)5-4-10-18(14,15)2/h6,13-15,22H,4-5,7-11H2,1-3H3/b12-6-/t13?,14?,15?,18?,19-/m1/s1. The molecule has 0 bridgehead atoms. The molecule has 3 fully saturated rings. The summed E-state index contributed by atoms with van der Waals surface area (Å²) in [6.45, 7) is 5.94. The van der Waals surface area contributed by atoms with Crippen LogP contribution in [-0.4, -0.2) is 28.6 Å². The second-order valence-corrected chi connectivity index (χ2v) is 8.20. The molecule has 5 atom stereocenters. The van der Waals surface area contributed by atoms with E-state index in [4.69, 9.17) is 4.74 Å². The number of ether oxygens (including phenoxy) is 1. The zero-order valence-corrected chi connectivity index (χ0v) is 14.4. The lowest BCUT2D eigenvalue weighted by molar-refractivity contribution is -0.153. The zero-order chi connectivity index (χ0) is 16.8. The molecule has 0 aromatic rings. The van der Waals surface area contributed by atoms with Crippen LogP contribution in [0.25, 0.3) is 0 Å². The van der Waals surface area contributed by atoms with Crippen molar-refractivity contribution in [2.45, 2.75) is 77.4 Å². The van der Waals surface area contributed by atoms with Crippen molar-refractivity contribution in [3.05, 3.63) is 11.6 Å². The Labute approximate surface area is 138 Å². The van der Waals surface area contributed by atoms with Gasteiger partial charge in [0.2, 0.25) is 0 Å². The average Bonchev–Trinajstić information content (AvgIpc) is 2.94. The molecule has 3 rings (SSSR count). The molecular weight excluding hydrogens is 292 g/mol. The van der Waals surface area contributed by atoms with Gasteiger partial charge in [0.15, 0.2) is 5.60 Å². The van der Waals surface area contributed by atoms with Crippen molar-refractivity contribution in [3.8, 4) is 0 Å². The SMILES string of the molecule is C/C(=C/CC1C[C@@](C)(O)C(=O)O1)C1CCC2C(=O)CCCC21C. The molecule has 4 nitrogen and oxygen atoms in total. The summed E-state index contributed by atoms with van der Waals surface area (Å²) in [5.74, 6) is 0.623. The molecule has 4 unspecified atom stereocenters. The molecule has 1 heterocycles. The van der Waals surface area contributed by atoms with Crippen LogP contribution < -0.4 is 0 Å². The highest BCUT2D eigenvalue weighted by Crippen LogP contribution is 2.56. The summed E-state index contributed by atoms with van der Waals surface area (Å²) in [5.41, 5.74) is 0.0766. The number of carbonyl (C=O) groups is 2. The van der Waals surface area contributed by atoms with Crippen molar-refractivity contribution < 1.29 is 19.4 Å². The summed E-state index contributed by atoms with van der Waals surface area (Å²) in [5, 5.41) is 9.90. The molecule has 0 radical (unpaired) electrons. The molecule has 0 spiro atoms. The van der Waals surface area contributed by atoms with Crippen LogP contribution in [0.15, 0.2) is 11.6 Å². The van der Waals surface area contributed by atoms with Crippen LogP contribution in [0.3, 0.4) is 0 Å². The number of aliphatic hydroxyl groups is 1. The Kier molecular flexibility index (Phi) is 4.16. The molecule has 1 aliphatic heterocycles. The van der Waals surface area contributed by atoms with Gasteiger partial charge >= 0.3 is 5.97 Å². The van der Waals surface area contributed by atoms with E-state index in [1.807, 2.05) is 0 Å². The van der Waals surface area contributed by atoms with E-state index in [1.165, 1.54) is 12.5 Å². The molecule has 23 heavy (non-hydrogen) atoms. The van der Waals surface area contributed by atoms with Crippen LogP contribution in [0.1, 0.15) is 65.7 Å². The van der Waals surface area contributed by atoms with E-state index in [2.05, 4.69) is 19.9 Å². The molecule has 0 aromatic heterocycles. The molecule has 2 saturated carbocycles. The number of fused-ring (bicyclic) bond motifs is 1. The van der Waals surface area contributed by atoms with Crippen LogP contribution in [-0.2, 0) is 14.3 Å². The van der Waals surface area contributed by atoms with E-state index < -0.39 is 11.6 Å². The van der Waals surface area contributed by atoms with E-state index in [9.17, 15) is 14.7 Å². The van der Waals surface area contributed by atoms with Gasteiger partial charge in [0.25, 0.3) is 0 Å². The average molecular weight is 320 g/mol. The summed E-state index contributed by atoms with van der Waals surface area (Å²) in [7, 11) is 0. The van der Waals surface area contributed by atoms with Gasteiger partial charge < -0.3 is 9.84 Å². The second kappa shape index (κ2) is 5.73. The normalized spacial score (nSPS) is 44.3. The van der Waals surface area contributed by atoms with Crippen molar-refractivity contribution in [3.63, 3.8) is 0 Å². The van der Waals surface area contributed by atoms with Gasteiger partial charge in [-0.25, -0.2) is 4.79 Å². The third kappa shape index (κ3) is 2.86. The van der Waals surface area contributed by atoms with Gasteiger partial charge in [0.1, 0.15) is 11.9 Å². The fraction of sp³-hybridized carbons (Fsp3) is 0.789. The summed E-state index contributed by atoms with van der Waals surface area (Å²) in [6, 6.07) is 0. The molecule has 0 aromatic carbocycles. The number of rotatable bonds is 3. The highest BCUT2D eigenvalue weighted by Gasteiger charge is 2.51. The minimum absolute atomic E-state index is 0.105. The first-order chi connectivity index (χ1) is 10.7. The van der Waals surface area contributed by atoms with Gasteiger partial charge in [0, 0.05) is 25.2 Å². The maximum atomic E-state index is 12.2. The smallest absolute Gasteiger partial charge is 0.338 e. The molecular formula is C19H28O4. The molecule has 128 valence electrons. The van der Waals surface area contributed by atoms with E-state index in [1.54, 1.807) is 0 Å². The van der Waals surface area contributed by atoms with Gasteiger partial charge in [-0.1, -0.05) is 18.6 Å². The predicted molar refractivity (Wildman–Crippen MR) is 86.7 cm³/mol. The molecule has 0 amide bonds. The number of hydrogen-bond donors (Lipinski definition) is 1. The lowest BCUT2D eigenvalue weighted by atomic mass is 9.63. The molecule has 3 aliphatic rings. The topological polar surface area (TPSA) is 63.6 Å². The fourth-order valence-corrected chi connectivity index (χ4v) is 5.12. The lowest BCUT2D eigenvalue weighted by Gasteiger charge is -2.40.